The molecular formula is C7H9ClN2. The first-order chi connectivity index (χ1) is 4.74. The minimum absolute atomic E-state index is 0.732. The lowest BCUT2D eigenvalue weighted by molar-refractivity contribution is 1.34. The zero-order valence-electron chi connectivity index (χ0n) is 5.69. The predicted molar refractivity (Wildman–Crippen MR) is 44.0 cm³/mol. The Balaban J connectivity index is 3.04. The lowest BCUT2D eigenvalue weighted by Gasteiger charge is -2.01. The van der Waals surface area contributed by atoms with Crippen LogP contribution in [0.3, 0.4) is 0 Å². The number of nitrogens with two attached hydrogens (primary N) is 1. The zero-order chi connectivity index (χ0) is 7.56. The van der Waals surface area contributed by atoms with E-state index in [1.165, 1.54) is 0 Å². The number of nitrogens with one attached hydrogen (secondary N) is 1. The molecule has 1 aromatic carbocycles. The number of nitrogen functional groups attached to an aromatic ring is 1. The molecule has 0 unspecified atom stereocenters. The molecule has 0 saturated heterocycles. The van der Waals surface area contributed by atoms with Crippen LogP contribution >= 0.6 is 11.6 Å². The van der Waals surface area contributed by atoms with Crippen molar-refractivity contribution in [1.82, 2.24) is 0 Å². The summed E-state index contributed by atoms with van der Waals surface area (Å²) in [5.41, 5.74) is 4.40. The standard InChI is InChI=1S/C7H9ClN2/c1-5-2-3-6(10-9)4-7(5)8/h2-4,10H,9H2,1H3. The van der Waals surface area contributed by atoms with Crippen LogP contribution in [0.5, 0.6) is 0 Å². The number of hydrogen-bond acceptors (Lipinski definition) is 2. The highest BCUT2D eigenvalue weighted by atomic mass is 35.5. The van der Waals surface area contributed by atoms with Crippen molar-refractivity contribution < 1.29 is 0 Å². The van der Waals surface area contributed by atoms with Gasteiger partial charge in [0.15, 0.2) is 0 Å². The van der Waals surface area contributed by atoms with Gasteiger partial charge in [0, 0.05) is 10.7 Å². The van der Waals surface area contributed by atoms with Gasteiger partial charge in [-0.2, -0.15) is 0 Å². The molecular weight excluding hydrogens is 148 g/mol. The second-order valence-corrected chi connectivity index (χ2v) is 2.52. The summed E-state index contributed by atoms with van der Waals surface area (Å²) in [5, 5.41) is 0.732. The number of anilines is 1. The Labute approximate surface area is 65.0 Å². The van der Waals surface area contributed by atoms with E-state index in [1.807, 2.05) is 19.1 Å². The third-order valence-corrected chi connectivity index (χ3v) is 1.75. The number of hydrogen-bond donors (Lipinski definition) is 2. The largest absolute Gasteiger partial charge is 0.324 e. The van der Waals surface area contributed by atoms with Gasteiger partial charge in [0.1, 0.15) is 0 Å². The highest BCUT2D eigenvalue weighted by molar-refractivity contribution is 6.31. The fourth-order valence-electron chi connectivity index (χ4n) is 0.683. The minimum Gasteiger partial charge on any atom is -0.324 e. The van der Waals surface area contributed by atoms with Crippen LogP contribution in [0.4, 0.5) is 5.69 Å². The maximum atomic E-state index is 5.80. The number of hydrazine groups is 1. The Morgan fingerprint density at radius 1 is 1.50 bits per heavy atom. The molecule has 3 heteroatoms. The van der Waals surface area contributed by atoms with Gasteiger partial charge in [-0.15, -0.1) is 0 Å². The van der Waals surface area contributed by atoms with Crippen LogP contribution in [0.2, 0.25) is 5.02 Å². The molecule has 0 bridgehead atoms. The first-order valence-electron chi connectivity index (χ1n) is 2.97. The molecule has 0 heterocycles. The molecule has 0 aliphatic heterocycles. The van der Waals surface area contributed by atoms with Crippen LogP contribution in [0.25, 0.3) is 0 Å². The lowest BCUT2D eigenvalue weighted by Crippen LogP contribution is -2.06. The lowest BCUT2D eigenvalue weighted by atomic mass is 10.2. The van der Waals surface area contributed by atoms with Crippen molar-refractivity contribution in [3.8, 4) is 0 Å². The Kier molecular flexibility index (Phi) is 2.14. The fraction of sp³-hybridized carbons (Fsp3) is 0.143. The normalized spacial score (nSPS) is 9.50. The van der Waals surface area contributed by atoms with Crippen LogP contribution in [0.1, 0.15) is 5.56 Å². The molecule has 0 aliphatic carbocycles. The van der Waals surface area contributed by atoms with Gasteiger partial charge in [-0.25, -0.2) is 0 Å². The molecule has 0 radical (unpaired) electrons. The van der Waals surface area contributed by atoms with E-state index in [9.17, 15) is 0 Å². The van der Waals surface area contributed by atoms with Crippen molar-refractivity contribution in [3.63, 3.8) is 0 Å². The van der Waals surface area contributed by atoms with Crippen LogP contribution in [0, 0.1) is 6.92 Å². The summed E-state index contributed by atoms with van der Waals surface area (Å²) in [6.45, 7) is 1.95. The Morgan fingerprint density at radius 3 is 2.70 bits per heavy atom. The van der Waals surface area contributed by atoms with Crippen molar-refractivity contribution in [1.29, 1.82) is 0 Å². The average molecular weight is 157 g/mol. The molecule has 0 aromatic heterocycles. The summed E-state index contributed by atoms with van der Waals surface area (Å²) in [6, 6.07) is 5.58. The molecule has 54 valence electrons. The van der Waals surface area contributed by atoms with E-state index in [1.54, 1.807) is 6.07 Å². The monoisotopic (exact) mass is 156 g/mol. The van der Waals surface area contributed by atoms with Crippen molar-refractivity contribution in [2.75, 3.05) is 5.43 Å². The van der Waals surface area contributed by atoms with Gasteiger partial charge in [0.05, 0.1) is 0 Å². The van der Waals surface area contributed by atoms with Gasteiger partial charge < -0.3 is 5.43 Å². The molecule has 1 aromatic rings. The molecule has 1 rings (SSSR count). The maximum absolute atomic E-state index is 5.80. The van der Waals surface area contributed by atoms with Gasteiger partial charge >= 0.3 is 0 Å². The Hall–Kier alpha value is -0.730. The summed E-state index contributed by atoms with van der Waals surface area (Å²) < 4.78 is 0. The second-order valence-electron chi connectivity index (χ2n) is 2.11. The molecule has 0 amide bonds. The highest BCUT2D eigenvalue weighted by Gasteiger charge is 1.94. The second kappa shape index (κ2) is 2.90. The summed E-state index contributed by atoms with van der Waals surface area (Å²) in [5.74, 6) is 5.16. The summed E-state index contributed by atoms with van der Waals surface area (Å²) in [4.78, 5) is 0. The smallest absolute Gasteiger partial charge is 0.0500 e. The van der Waals surface area contributed by atoms with Gasteiger partial charge in [-0.05, 0) is 24.6 Å². The van der Waals surface area contributed by atoms with Crippen molar-refractivity contribution in [3.05, 3.63) is 28.8 Å². The first-order valence-corrected chi connectivity index (χ1v) is 3.34. The molecule has 0 atom stereocenters. The Bertz CT molecular complexity index is 235. The number of halogens is 1. The van der Waals surface area contributed by atoms with Gasteiger partial charge in [0.25, 0.3) is 0 Å². The van der Waals surface area contributed by atoms with Crippen molar-refractivity contribution >= 4 is 17.3 Å². The van der Waals surface area contributed by atoms with E-state index in [4.69, 9.17) is 17.4 Å². The molecule has 2 nitrogen and oxygen atoms in total. The van der Waals surface area contributed by atoms with Gasteiger partial charge in [0.2, 0.25) is 0 Å². The topological polar surface area (TPSA) is 38.0 Å². The summed E-state index contributed by atoms with van der Waals surface area (Å²) >= 11 is 5.80. The van der Waals surface area contributed by atoms with E-state index < -0.39 is 0 Å². The highest BCUT2D eigenvalue weighted by Crippen LogP contribution is 2.18. The molecule has 0 fully saturated rings. The molecule has 0 saturated carbocycles. The SMILES string of the molecule is Cc1ccc(NN)cc1Cl. The summed E-state index contributed by atoms with van der Waals surface area (Å²) in [6.07, 6.45) is 0. The van der Waals surface area contributed by atoms with E-state index in [-0.39, 0.29) is 0 Å². The molecule has 3 N–H and O–H groups in total. The maximum Gasteiger partial charge on any atom is 0.0500 e. The fourth-order valence-corrected chi connectivity index (χ4v) is 0.863. The third-order valence-electron chi connectivity index (χ3n) is 1.34. The van der Waals surface area contributed by atoms with E-state index >= 15 is 0 Å². The van der Waals surface area contributed by atoms with Crippen LogP contribution in [-0.2, 0) is 0 Å². The predicted octanol–water partition coefficient (Wildman–Crippen LogP) is 1.93. The van der Waals surface area contributed by atoms with E-state index in [0.717, 1.165) is 16.3 Å². The minimum atomic E-state index is 0.732. The van der Waals surface area contributed by atoms with Gasteiger partial charge in [-0.3, -0.25) is 5.84 Å². The molecule has 10 heavy (non-hydrogen) atoms. The third kappa shape index (κ3) is 1.40. The number of rotatable bonds is 1. The quantitative estimate of drug-likeness (QED) is 0.482. The van der Waals surface area contributed by atoms with E-state index in [2.05, 4.69) is 5.43 Å². The zero-order valence-corrected chi connectivity index (χ0v) is 6.44. The van der Waals surface area contributed by atoms with Crippen molar-refractivity contribution in [2.24, 2.45) is 5.84 Å². The Morgan fingerprint density at radius 2 is 2.20 bits per heavy atom. The number of aryl methyl sites for hydroxylation is 1. The first kappa shape index (κ1) is 7.38. The van der Waals surface area contributed by atoms with Crippen LogP contribution in [0.15, 0.2) is 18.2 Å². The number of benzene rings is 1. The summed E-state index contributed by atoms with van der Waals surface area (Å²) in [7, 11) is 0. The van der Waals surface area contributed by atoms with Crippen molar-refractivity contribution in [2.45, 2.75) is 6.92 Å². The van der Waals surface area contributed by atoms with Gasteiger partial charge in [-0.1, -0.05) is 17.7 Å². The average Bonchev–Trinajstić information content (AvgIpc) is 1.95. The molecule has 0 aliphatic rings. The molecule has 0 spiro atoms. The van der Waals surface area contributed by atoms with E-state index in [0.29, 0.717) is 0 Å². The van der Waals surface area contributed by atoms with Crippen LogP contribution in [-0.4, -0.2) is 0 Å². The van der Waals surface area contributed by atoms with Crippen LogP contribution < -0.4 is 11.3 Å².